The molecule has 102 valence electrons. The Morgan fingerprint density at radius 2 is 2.05 bits per heavy atom. The van der Waals surface area contributed by atoms with Crippen molar-refractivity contribution in [1.29, 1.82) is 0 Å². The Morgan fingerprint density at radius 3 is 2.63 bits per heavy atom. The van der Waals surface area contributed by atoms with E-state index >= 15 is 0 Å². The zero-order chi connectivity index (χ0) is 14.4. The molecule has 0 fully saturated rings. The predicted octanol–water partition coefficient (Wildman–Crippen LogP) is 0.865. The third kappa shape index (κ3) is 4.44. The summed E-state index contributed by atoms with van der Waals surface area (Å²) in [4.78, 5) is 22.2. The van der Waals surface area contributed by atoms with E-state index in [1.54, 1.807) is 6.07 Å². The number of aromatic hydroxyl groups is 1. The summed E-state index contributed by atoms with van der Waals surface area (Å²) in [7, 11) is 1.40. The lowest BCUT2D eigenvalue weighted by Crippen LogP contribution is -2.21. The van der Waals surface area contributed by atoms with Crippen molar-refractivity contribution >= 4 is 18.0 Å². The molecule has 0 aliphatic heterocycles. The van der Waals surface area contributed by atoms with Crippen LogP contribution in [0.2, 0.25) is 0 Å². The third-order valence-electron chi connectivity index (χ3n) is 2.16. The van der Waals surface area contributed by atoms with Gasteiger partial charge in [-0.1, -0.05) is 6.07 Å². The lowest BCUT2D eigenvalue weighted by atomic mass is 10.2. The monoisotopic (exact) mass is 266 g/mol. The van der Waals surface area contributed by atoms with Gasteiger partial charge in [0.05, 0.1) is 7.11 Å². The zero-order valence-corrected chi connectivity index (χ0v) is 10.5. The van der Waals surface area contributed by atoms with Crippen LogP contribution in [0.15, 0.2) is 24.3 Å². The first-order chi connectivity index (χ1) is 8.93. The van der Waals surface area contributed by atoms with E-state index in [1.807, 2.05) is 0 Å². The van der Waals surface area contributed by atoms with Crippen LogP contribution >= 0.6 is 0 Å². The summed E-state index contributed by atoms with van der Waals surface area (Å²) in [5, 5.41) is 18.2. The molecule has 1 unspecified atom stereocenters. The van der Waals surface area contributed by atoms with Crippen LogP contribution < -0.4 is 4.74 Å². The van der Waals surface area contributed by atoms with Crippen LogP contribution in [0.5, 0.6) is 11.5 Å². The smallest absolute Gasteiger partial charge is 0.342 e. The number of hydrogen-bond acceptors (Lipinski definition) is 6. The Bertz CT molecular complexity index is 504. The van der Waals surface area contributed by atoms with Crippen LogP contribution in [0, 0.1) is 0 Å². The molecule has 0 amide bonds. The Hall–Kier alpha value is -2.34. The highest BCUT2D eigenvalue weighted by Gasteiger charge is 2.13. The molecule has 0 bridgehead atoms. The molecule has 1 atom stereocenters. The molecule has 2 N–H and O–H groups in total. The van der Waals surface area contributed by atoms with Gasteiger partial charge in [-0.3, -0.25) is 0 Å². The highest BCUT2D eigenvalue weighted by atomic mass is 16.6. The van der Waals surface area contributed by atoms with Gasteiger partial charge in [0.25, 0.3) is 0 Å². The molecule has 1 aromatic rings. The molecule has 0 radical (unpaired) electrons. The van der Waals surface area contributed by atoms with Gasteiger partial charge in [0.2, 0.25) is 0 Å². The molecule has 19 heavy (non-hydrogen) atoms. The van der Waals surface area contributed by atoms with Crippen LogP contribution in [-0.2, 0) is 14.3 Å². The van der Waals surface area contributed by atoms with Gasteiger partial charge in [-0.25, -0.2) is 9.59 Å². The fourth-order valence-corrected chi connectivity index (χ4v) is 1.18. The predicted molar refractivity (Wildman–Crippen MR) is 66.5 cm³/mol. The summed E-state index contributed by atoms with van der Waals surface area (Å²) in [5.41, 5.74) is 0.580. The zero-order valence-electron chi connectivity index (χ0n) is 10.5. The SMILES string of the molecule is COc1cc(/C=C/C(=O)OC(=O)C(C)O)ccc1O. The average Bonchev–Trinajstić information content (AvgIpc) is 2.37. The molecule has 0 heterocycles. The van der Waals surface area contributed by atoms with Crippen LogP contribution in [0.25, 0.3) is 6.08 Å². The Morgan fingerprint density at radius 1 is 1.37 bits per heavy atom. The number of rotatable bonds is 4. The van der Waals surface area contributed by atoms with E-state index in [9.17, 15) is 14.7 Å². The molecule has 0 spiro atoms. The number of phenols is 1. The molecule has 6 heteroatoms. The van der Waals surface area contributed by atoms with Gasteiger partial charge in [-0.15, -0.1) is 0 Å². The van der Waals surface area contributed by atoms with Crippen molar-refractivity contribution in [1.82, 2.24) is 0 Å². The summed E-state index contributed by atoms with van der Waals surface area (Å²) in [6.45, 7) is 1.20. The lowest BCUT2D eigenvalue weighted by molar-refractivity contribution is -0.162. The van der Waals surface area contributed by atoms with E-state index < -0.39 is 18.0 Å². The molecular weight excluding hydrogens is 252 g/mol. The van der Waals surface area contributed by atoms with Gasteiger partial charge in [-0.05, 0) is 30.7 Å². The summed E-state index contributed by atoms with van der Waals surface area (Å²) >= 11 is 0. The minimum atomic E-state index is -1.36. The first kappa shape index (κ1) is 14.7. The number of carbonyl (C=O) groups excluding carboxylic acids is 2. The van der Waals surface area contributed by atoms with Gasteiger partial charge in [0, 0.05) is 6.08 Å². The number of methoxy groups -OCH3 is 1. The largest absolute Gasteiger partial charge is 0.504 e. The Labute approximate surface area is 109 Å². The molecule has 6 nitrogen and oxygen atoms in total. The van der Waals surface area contributed by atoms with Gasteiger partial charge in [0.15, 0.2) is 11.5 Å². The van der Waals surface area contributed by atoms with Crippen molar-refractivity contribution in [3.63, 3.8) is 0 Å². The Balaban J connectivity index is 2.71. The second kappa shape index (κ2) is 6.55. The van der Waals surface area contributed by atoms with E-state index in [4.69, 9.17) is 9.84 Å². The molecular formula is C13H14O6. The number of benzene rings is 1. The third-order valence-corrected chi connectivity index (χ3v) is 2.16. The summed E-state index contributed by atoms with van der Waals surface area (Å²) < 4.78 is 9.22. The van der Waals surface area contributed by atoms with Crippen LogP contribution in [0.1, 0.15) is 12.5 Å². The van der Waals surface area contributed by atoms with E-state index in [0.29, 0.717) is 5.56 Å². The maximum Gasteiger partial charge on any atom is 0.342 e. The standard InChI is InChI=1S/C13H14O6/c1-8(14)13(17)19-12(16)6-4-9-3-5-10(15)11(7-9)18-2/h3-8,14-15H,1-2H3/b6-4+. The van der Waals surface area contributed by atoms with Crippen LogP contribution in [-0.4, -0.2) is 35.4 Å². The Kier molecular flexibility index (Phi) is 5.08. The normalized spacial score (nSPS) is 12.2. The highest BCUT2D eigenvalue weighted by Crippen LogP contribution is 2.26. The maximum atomic E-state index is 11.2. The number of phenolic OH excluding ortho intramolecular Hbond substituents is 1. The number of hydrogen-bond donors (Lipinski definition) is 2. The summed E-state index contributed by atoms with van der Waals surface area (Å²) in [5.74, 6) is -1.67. The second-order valence-electron chi connectivity index (χ2n) is 3.68. The molecule has 0 saturated carbocycles. The average molecular weight is 266 g/mol. The van der Waals surface area contributed by atoms with Crippen molar-refractivity contribution in [3.8, 4) is 11.5 Å². The first-order valence-corrected chi connectivity index (χ1v) is 5.43. The van der Waals surface area contributed by atoms with E-state index in [0.717, 1.165) is 6.08 Å². The highest BCUT2D eigenvalue weighted by molar-refractivity contribution is 5.95. The van der Waals surface area contributed by atoms with Crippen molar-refractivity contribution in [2.45, 2.75) is 13.0 Å². The minimum Gasteiger partial charge on any atom is -0.504 e. The molecule has 0 aliphatic carbocycles. The maximum absolute atomic E-state index is 11.2. The fourth-order valence-electron chi connectivity index (χ4n) is 1.18. The van der Waals surface area contributed by atoms with Crippen molar-refractivity contribution in [2.24, 2.45) is 0 Å². The summed E-state index contributed by atoms with van der Waals surface area (Å²) in [6, 6.07) is 4.47. The quantitative estimate of drug-likeness (QED) is 0.477. The van der Waals surface area contributed by atoms with Crippen LogP contribution in [0.3, 0.4) is 0 Å². The lowest BCUT2D eigenvalue weighted by Gasteiger charge is -2.04. The van der Waals surface area contributed by atoms with Crippen LogP contribution in [0.4, 0.5) is 0 Å². The number of esters is 2. The molecule has 0 aliphatic rings. The van der Waals surface area contributed by atoms with Gasteiger partial charge >= 0.3 is 11.9 Å². The molecule has 1 aromatic carbocycles. The van der Waals surface area contributed by atoms with E-state index in [2.05, 4.69) is 4.74 Å². The van der Waals surface area contributed by atoms with Gasteiger partial charge in [-0.2, -0.15) is 0 Å². The topological polar surface area (TPSA) is 93.1 Å². The number of carbonyl (C=O) groups is 2. The van der Waals surface area contributed by atoms with Gasteiger partial charge in [0.1, 0.15) is 6.10 Å². The van der Waals surface area contributed by atoms with E-state index in [-0.39, 0.29) is 11.5 Å². The second-order valence-corrected chi connectivity index (χ2v) is 3.68. The minimum absolute atomic E-state index is 0.0218. The first-order valence-electron chi connectivity index (χ1n) is 5.43. The van der Waals surface area contributed by atoms with E-state index in [1.165, 1.54) is 32.2 Å². The molecule has 0 saturated heterocycles. The van der Waals surface area contributed by atoms with Crippen molar-refractivity contribution < 1.29 is 29.3 Å². The fraction of sp³-hybridized carbons (Fsp3) is 0.231. The number of aliphatic hydroxyl groups is 1. The number of ether oxygens (including phenoxy) is 2. The summed E-state index contributed by atoms with van der Waals surface area (Å²) in [6.07, 6.45) is 1.07. The van der Waals surface area contributed by atoms with Gasteiger partial charge < -0.3 is 19.7 Å². The van der Waals surface area contributed by atoms with Crippen molar-refractivity contribution in [3.05, 3.63) is 29.8 Å². The molecule has 1 rings (SSSR count). The molecule has 0 aromatic heterocycles. The number of aliphatic hydroxyl groups excluding tert-OH is 1. The van der Waals surface area contributed by atoms with Crippen molar-refractivity contribution in [2.75, 3.05) is 7.11 Å².